The number of benzene rings is 2. The lowest BCUT2D eigenvalue weighted by Gasteiger charge is -2.33. The lowest BCUT2D eigenvalue weighted by Crippen LogP contribution is -2.39. The fourth-order valence-corrected chi connectivity index (χ4v) is 4.62. The number of ether oxygens (including phenoxy) is 1. The molecule has 7 heteroatoms. The number of nitrogens with zero attached hydrogens (tertiary/aromatic N) is 1. The molecule has 1 heterocycles. The Hall–Kier alpha value is -1.44. The van der Waals surface area contributed by atoms with Crippen molar-refractivity contribution in [3.63, 3.8) is 0 Å². The zero-order valence-electron chi connectivity index (χ0n) is 14.5. The molecule has 2 aromatic carbocycles. The van der Waals surface area contributed by atoms with Gasteiger partial charge in [0.15, 0.2) is 0 Å². The Morgan fingerprint density at radius 2 is 1.85 bits per heavy atom. The fourth-order valence-electron chi connectivity index (χ4n) is 3.02. The minimum atomic E-state index is -3.57. The van der Waals surface area contributed by atoms with Crippen molar-refractivity contribution in [1.82, 2.24) is 9.62 Å². The minimum Gasteiger partial charge on any atom is -0.371 e. The molecule has 1 unspecified atom stereocenters. The third-order valence-corrected chi connectivity index (χ3v) is 6.35. The summed E-state index contributed by atoms with van der Waals surface area (Å²) in [5.41, 5.74) is 1.18. The molecule has 0 saturated carbocycles. The number of sulfonamides is 1. The zero-order valence-corrected chi connectivity index (χ0v) is 16.0. The first-order valence-electron chi connectivity index (χ1n) is 8.69. The Balaban J connectivity index is 1.47. The van der Waals surface area contributed by atoms with E-state index < -0.39 is 10.0 Å². The van der Waals surface area contributed by atoms with Crippen LogP contribution in [-0.2, 0) is 14.8 Å². The third kappa shape index (κ3) is 5.05. The summed E-state index contributed by atoms with van der Waals surface area (Å²) in [4.78, 5) is 2.43. The second-order valence-corrected chi connectivity index (χ2v) is 8.40. The first-order chi connectivity index (χ1) is 12.6. The van der Waals surface area contributed by atoms with E-state index in [4.69, 9.17) is 16.3 Å². The van der Waals surface area contributed by atoms with Crippen molar-refractivity contribution in [3.05, 3.63) is 65.2 Å². The van der Waals surface area contributed by atoms with Crippen molar-refractivity contribution in [3.8, 4) is 0 Å². The third-order valence-electron chi connectivity index (χ3n) is 4.39. The molecule has 5 nitrogen and oxygen atoms in total. The van der Waals surface area contributed by atoms with Crippen LogP contribution in [0, 0.1) is 0 Å². The smallest absolute Gasteiger partial charge is 0.242 e. The molecule has 0 aromatic heterocycles. The first kappa shape index (κ1) is 19.3. The normalized spacial score (nSPS) is 18.7. The van der Waals surface area contributed by atoms with Gasteiger partial charge in [-0.2, -0.15) is 0 Å². The van der Waals surface area contributed by atoms with Crippen LogP contribution in [0.4, 0.5) is 0 Å². The molecule has 0 aliphatic carbocycles. The van der Waals surface area contributed by atoms with Gasteiger partial charge in [0.1, 0.15) is 4.90 Å². The van der Waals surface area contributed by atoms with Gasteiger partial charge in [-0.1, -0.05) is 54.1 Å². The highest BCUT2D eigenvalue weighted by Crippen LogP contribution is 2.22. The van der Waals surface area contributed by atoms with E-state index in [0.29, 0.717) is 13.2 Å². The van der Waals surface area contributed by atoms with Gasteiger partial charge in [0, 0.05) is 19.6 Å². The Kier molecular flexibility index (Phi) is 6.67. The number of nitrogens with one attached hydrogen (secondary N) is 1. The summed E-state index contributed by atoms with van der Waals surface area (Å²) in [6.07, 6.45) is 0.801. The maximum atomic E-state index is 12.3. The molecule has 1 saturated heterocycles. The summed E-state index contributed by atoms with van der Waals surface area (Å²) in [5, 5.41) is 0.235. The molecule has 140 valence electrons. The van der Waals surface area contributed by atoms with Crippen molar-refractivity contribution < 1.29 is 13.2 Å². The molecule has 0 bridgehead atoms. The van der Waals surface area contributed by atoms with Crippen molar-refractivity contribution in [2.45, 2.75) is 17.4 Å². The molecule has 1 aliphatic rings. The number of hydrogen-bond acceptors (Lipinski definition) is 4. The molecular weight excluding hydrogens is 372 g/mol. The van der Waals surface area contributed by atoms with Gasteiger partial charge < -0.3 is 4.74 Å². The molecular formula is C19H23ClN2O3S. The molecule has 26 heavy (non-hydrogen) atoms. The maximum absolute atomic E-state index is 12.3. The van der Waals surface area contributed by atoms with E-state index in [0.717, 1.165) is 26.1 Å². The van der Waals surface area contributed by atoms with Gasteiger partial charge in [0.25, 0.3) is 0 Å². The highest BCUT2D eigenvalue weighted by molar-refractivity contribution is 7.89. The SMILES string of the molecule is O=S(=O)(NCCCN1CCOC(c2ccccc2)C1)c1ccccc1Cl. The number of morpholine rings is 1. The van der Waals surface area contributed by atoms with E-state index in [1.54, 1.807) is 18.2 Å². The number of halogens is 1. The Labute approximate surface area is 160 Å². The highest BCUT2D eigenvalue weighted by Gasteiger charge is 2.22. The van der Waals surface area contributed by atoms with E-state index in [-0.39, 0.29) is 16.0 Å². The lowest BCUT2D eigenvalue weighted by molar-refractivity contribution is -0.0300. The Bertz CT molecular complexity index is 815. The topological polar surface area (TPSA) is 58.6 Å². The Morgan fingerprint density at radius 3 is 2.62 bits per heavy atom. The van der Waals surface area contributed by atoms with Gasteiger partial charge in [-0.25, -0.2) is 13.1 Å². The standard InChI is InChI=1S/C19H23ClN2O3S/c20-17-9-4-5-10-19(17)26(23,24)21-11-6-12-22-13-14-25-18(15-22)16-7-2-1-3-8-16/h1-5,7-10,18,21H,6,11-15H2. The number of hydrogen-bond donors (Lipinski definition) is 1. The van der Waals surface area contributed by atoms with Crippen molar-refractivity contribution in [2.75, 3.05) is 32.8 Å². The van der Waals surface area contributed by atoms with Gasteiger partial charge in [0.2, 0.25) is 10.0 Å². The summed E-state index contributed by atoms with van der Waals surface area (Å²) < 4.78 is 33.1. The van der Waals surface area contributed by atoms with Crippen molar-refractivity contribution in [1.29, 1.82) is 0 Å². The van der Waals surface area contributed by atoms with Crippen LogP contribution in [0.5, 0.6) is 0 Å². The van der Waals surface area contributed by atoms with Crippen LogP contribution in [-0.4, -0.2) is 46.1 Å². The predicted octanol–water partition coefficient (Wildman–Crippen LogP) is 3.08. The monoisotopic (exact) mass is 394 g/mol. The van der Waals surface area contributed by atoms with Gasteiger partial charge in [-0.15, -0.1) is 0 Å². The molecule has 1 aliphatic heterocycles. The lowest BCUT2D eigenvalue weighted by atomic mass is 10.1. The quantitative estimate of drug-likeness (QED) is 0.733. The van der Waals surface area contributed by atoms with Crippen molar-refractivity contribution >= 4 is 21.6 Å². The molecule has 0 radical (unpaired) electrons. The van der Waals surface area contributed by atoms with Gasteiger partial charge in [-0.05, 0) is 30.7 Å². The van der Waals surface area contributed by atoms with Crippen LogP contribution >= 0.6 is 11.6 Å². The van der Waals surface area contributed by atoms with E-state index in [1.807, 2.05) is 18.2 Å². The van der Waals surface area contributed by atoms with Crippen LogP contribution < -0.4 is 4.72 Å². The van der Waals surface area contributed by atoms with E-state index in [2.05, 4.69) is 21.8 Å². The summed E-state index contributed by atoms with van der Waals surface area (Å²) in [5.74, 6) is 0. The van der Waals surface area contributed by atoms with Gasteiger partial charge in [-0.3, -0.25) is 4.90 Å². The second-order valence-electron chi connectivity index (χ2n) is 6.25. The maximum Gasteiger partial charge on any atom is 0.242 e. The Morgan fingerprint density at radius 1 is 1.12 bits per heavy atom. The van der Waals surface area contributed by atoms with Crippen LogP contribution in [0.2, 0.25) is 5.02 Å². The van der Waals surface area contributed by atoms with E-state index >= 15 is 0 Å². The van der Waals surface area contributed by atoms with E-state index in [9.17, 15) is 8.42 Å². The fraction of sp³-hybridized carbons (Fsp3) is 0.368. The molecule has 3 rings (SSSR count). The zero-order chi connectivity index (χ0) is 18.4. The molecule has 0 spiro atoms. The first-order valence-corrected chi connectivity index (χ1v) is 10.6. The molecule has 0 amide bonds. The number of rotatable bonds is 7. The van der Waals surface area contributed by atoms with E-state index in [1.165, 1.54) is 11.6 Å². The van der Waals surface area contributed by atoms with Crippen LogP contribution in [0.25, 0.3) is 0 Å². The molecule has 1 atom stereocenters. The van der Waals surface area contributed by atoms with Crippen LogP contribution in [0.1, 0.15) is 18.1 Å². The minimum absolute atomic E-state index is 0.0739. The molecule has 1 N–H and O–H groups in total. The predicted molar refractivity (Wildman–Crippen MR) is 103 cm³/mol. The van der Waals surface area contributed by atoms with Crippen LogP contribution in [0.3, 0.4) is 0 Å². The van der Waals surface area contributed by atoms with Crippen LogP contribution in [0.15, 0.2) is 59.5 Å². The largest absolute Gasteiger partial charge is 0.371 e. The molecule has 2 aromatic rings. The van der Waals surface area contributed by atoms with Gasteiger partial charge >= 0.3 is 0 Å². The highest BCUT2D eigenvalue weighted by atomic mass is 35.5. The average molecular weight is 395 g/mol. The average Bonchev–Trinajstić information content (AvgIpc) is 2.66. The summed E-state index contributed by atoms with van der Waals surface area (Å²) in [7, 11) is -3.57. The summed E-state index contributed by atoms with van der Waals surface area (Å²) in [6, 6.07) is 16.6. The summed E-state index contributed by atoms with van der Waals surface area (Å²) in [6.45, 7) is 3.56. The van der Waals surface area contributed by atoms with Gasteiger partial charge in [0.05, 0.1) is 17.7 Å². The van der Waals surface area contributed by atoms with Crippen molar-refractivity contribution in [2.24, 2.45) is 0 Å². The second kappa shape index (κ2) is 8.97. The summed E-state index contributed by atoms with van der Waals surface area (Å²) >= 11 is 5.98. The molecule has 1 fully saturated rings.